The second kappa shape index (κ2) is 9.70. The molecule has 0 unspecified atom stereocenters. The van der Waals surface area contributed by atoms with E-state index < -0.39 is 28.9 Å². The molecule has 4 heterocycles. The molecule has 35 heavy (non-hydrogen) atoms. The van der Waals surface area contributed by atoms with Crippen LogP contribution in [0.1, 0.15) is 16.1 Å². The number of aliphatic imine (C=N–C) groups is 1. The molecule has 182 valence electrons. The summed E-state index contributed by atoms with van der Waals surface area (Å²) < 4.78 is 41.6. The highest BCUT2D eigenvalue weighted by atomic mass is 35.5. The number of thioether (sulfide) groups is 1. The second-order valence-electron chi connectivity index (χ2n) is 7.97. The largest absolute Gasteiger partial charge is 0.379 e. The number of hydrogen-bond acceptors (Lipinski definition) is 8. The first kappa shape index (κ1) is 24.7. The zero-order valence-electron chi connectivity index (χ0n) is 18.0. The number of nitrogens with zero attached hydrogens (tertiary/aromatic N) is 5. The van der Waals surface area contributed by atoms with E-state index in [1.54, 1.807) is 0 Å². The molecule has 0 spiro atoms. The third kappa shape index (κ3) is 4.76. The SMILES string of the molecule is Cl.NC1=N[C@@]2(c3cc(NC(=O)c4ccc(F)cn4)ccc3F)CN(c3ncc(F)cn3)C[C@H]2CS1. The molecule has 1 fully saturated rings. The summed E-state index contributed by atoms with van der Waals surface area (Å²) in [6.07, 6.45) is 3.09. The third-order valence-corrected chi connectivity index (χ3v) is 6.79. The number of rotatable bonds is 4. The average molecular weight is 522 g/mol. The Morgan fingerprint density at radius 2 is 1.83 bits per heavy atom. The molecule has 0 aliphatic carbocycles. The van der Waals surface area contributed by atoms with Crippen molar-refractivity contribution in [2.24, 2.45) is 16.6 Å². The number of pyridine rings is 1. The van der Waals surface area contributed by atoms with Crippen molar-refractivity contribution in [1.29, 1.82) is 0 Å². The lowest BCUT2D eigenvalue weighted by Gasteiger charge is -2.35. The fraction of sp³-hybridized carbons (Fsp3) is 0.227. The minimum Gasteiger partial charge on any atom is -0.379 e. The Morgan fingerprint density at radius 1 is 1.09 bits per heavy atom. The van der Waals surface area contributed by atoms with Crippen molar-refractivity contribution >= 4 is 46.9 Å². The Balaban J connectivity index is 0.00000289. The van der Waals surface area contributed by atoms with Crippen LogP contribution in [0, 0.1) is 23.4 Å². The van der Waals surface area contributed by atoms with Gasteiger partial charge in [-0.1, -0.05) is 11.8 Å². The van der Waals surface area contributed by atoms with Crippen LogP contribution in [0.5, 0.6) is 0 Å². The van der Waals surface area contributed by atoms with E-state index in [2.05, 4.69) is 25.3 Å². The lowest BCUT2D eigenvalue weighted by atomic mass is 9.81. The summed E-state index contributed by atoms with van der Waals surface area (Å²) in [5.74, 6) is -1.44. The summed E-state index contributed by atoms with van der Waals surface area (Å²) >= 11 is 1.38. The average Bonchev–Trinajstić information content (AvgIpc) is 3.20. The third-order valence-electron chi connectivity index (χ3n) is 5.83. The first-order valence-electron chi connectivity index (χ1n) is 10.3. The first-order chi connectivity index (χ1) is 16.3. The fourth-order valence-electron chi connectivity index (χ4n) is 4.26. The molecule has 8 nitrogen and oxygen atoms in total. The number of halogens is 4. The van der Waals surface area contributed by atoms with Crippen LogP contribution in [0.25, 0.3) is 0 Å². The highest BCUT2D eigenvalue weighted by Gasteiger charge is 2.52. The Morgan fingerprint density at radius 3 is 2.54 bits per heavy atom. The van der Waals surface area contributed by atoms with Crippen molar-refractivity contribution in [3.63, 3.8) is 0 Å². The van der Waals surface area contributed by atoms with E-state index >= 15 is 4.39 Å². The van der Waals surface area contributed by atoms with Gasteiger partial charge in [0.2, 0.25) is 5.95 Å². The van der Waals surface area contributed by atoms with Crippen LogP contribution in [0.15, 0.2) is 53.9 Å². The molecular weight excluding hydrogens is 503 g/mol. The zero-order chi connectivity index (χ0) is 23.9. The van der Waals surface area contributed by atoms with Gasteiger partial charge in [0.05, 0.1) is 25.1 Å². The summed E-state index contributed by atoms with van der Waals surface area (Å²) in [6, 6.07) is 6.57. The maximum atomic E-state index is 15.2. The molecule has 0 saturated carbocycles. The van der Waals surface area contributed by atoms with Gasteiger partial charge in [-0.2, -0.15) is 0 Å². The van der Waals surface area contributed by atoms with Gasteiger partial charge < -0.3 is 16.0 Å². The van der Waals surface area contributed by atoms with Crippen LogP contribution >= 0.6 is 24.2 Å². The van der Waals surface area contributed by atoms with E-state index in [0.717, 1.165) is 24.7 Å². The smallest absolute Gasteiger partial charge is 0.274 e. The van der Waals surface area contributed by atoms with Crippen molar-refractivity contribution in [1.82, 2.24) is 15.0 Å². The lowest BCUT2D eigenvalue weighted by Crippen LogP contribution is -2.40. The zero-order valence-corrected chi connectivity index (χ0v) is 19.6. The van der Waals surface area contributed by atoms with E-state index in [1.807, 2.05) is 4.90 Å². The second-order valence-corrected chi connectivity index (χ2v) is 9.01. The molecule has 1 saturated heterocycles. The number of aromatic nitrogens is 3. The molecule has 1 amide bonds. The number of amides is 1. The molecule has 5 rings (SSSR count). The molecule has 1 aromatic carbocycles. The minimum absolute atomic E-state index is 0. The number of carbonyl (C=O) groups excluding carboxylic acids is 1. The van der Waals surface area contributed by atoms with Gasteiger partial charge in [0.1, 0.15) is 22.9 Å². The van der Waals surface area contributed by atoms with Gasteiger partial charge in [0.15, 0.2) is 11.0 Å². The van der Waals surface area contributed by atoms with Crippen LogP contribution in [0.2, 0.25) is 0 Å². The number of anilines is 2. The molecule has 3 aromatic rings. The Labute approximate surface area is 208 Å². The van der Waals surface area contributed by atoms with Crippen molar-refractivity contribution in [2.45, 2.75) is 5.54 Å². The number of carbonyl (C=O) groups is 1. The predicted octanol–water partition coefficient (Wildman–Crippen LogP) is 3.36. The maximum Gasteiger partial charge on any atom is 0.274 e. The van der Waals surface area contributed by atoms with Gasteiger partial charge >= 0.3 is 0 Å². The van der Waals surface area contributed by atoms with E-state index in [0.29, 0.717) is 29.1 Å². The lowest BCUT2D eigenvalue weighted by molar-refractivity contribution is 0.102. The summed E-state index contributed by atoms with van der Waals surface area (Å²) in [5.41, 5.74) is 5.60. The quantitative estimate of drug-likeness (QED) is 0.542. The summed E-state index contributed by atoms with van der Waals surface area (Å²) in [7, 11) is 0. The number of hydrogen-bond donors (Lipinski definition) is 2. The first-order valence-corrected chi connectivity index (χ1v) is 11.3. The maximum absolute atomic E-state index is 15.2. The summed E-state index contributed by atoms with van der Waals surface area (Å²) in [4.78, 5) is 30.9. The van der Waals surface area contributed by atoms with Gasteiger partial charge in [-0.05, 0) is 30.3 Å². The van der Waals surface area contributed by atoms with E-state index in [-0.39, 0.29) is 36.1 Å². The molecule has 2 aliphatic rings. The Bertz CT molecular complexity index is 1280. The topological polar surface area (TPSA) is 109 Å². The molecule has 0 bridgehead atoms. The minimum atomic E-state index is -1.05. The van der Waals surface area contributed by atoms with E-state index in [9.17, 15) is 13.6 Å². The number of nitrogens with two attached hydrogens (primary N) is 1. The van der Waals surface area contributed by atoms with Crippen LogP contribution in [0.4, 0.5) is 24.8 Å². The van der Waals surface area contributed by atoms with Gasteiger partial charge in [-0.3, -0.25) is 4.79 Å². The predicted molar refractivity (Wildman–Crippen MR) is 129 cm³/mol. The Kier molecular flexibility index (Phi) is 6.86. The Hall–Kier alpha value is -3.38. The van der Waals surface area contributed by atoms with Crippen molar-refractivity contribution in [3.8, 4) is 0 Å². The summed E-state index contributed by atoms with van der Waals surface area (Å²) in [5, 5.41) is 2.99. The normalized spacial score (nSPS) is 21.1. The highest BCUT2D eigenvalue weighted by Crippen LogP contribution is 2.47. The van der Waals surface area contributed by atoms with Crippen LogP contribution in [-0.4, -0.2) is 44.9 Å². The standard InChI is InChI=1S/C22H18F3N7OS.ClH/c23-13-1-4-18(27-6-13)19(33)30-15-2-3-17(25)16(5-15)22-11-32(21-28-7-14(24)8-29-21)9-12(22)10-34-20(26)31-22;/h1-8,12H,9-11H2,(H2,26,31)(H,30,33);1H/t12-,22-;/m0./s1. The van der Waals surface area contributed by atoms with Gasteiger partial charge in [-0.25, -0.2) is 33.1 Å². The molecule has 2 aromatic heterocycles. The number of benzene rings is 1. The fourth-order valence-corrected chi connectivity index (χ4v) is 5.24. The van der Waals surface area contributed by atoms with E-state index in [1.165, 1.54) is 36.0 Å². The van der Waals surface area contributed by atoms with Crippen LogP contribution in [-0.2, 0) is 5.54 Å². The molecule has 0 radical (unpaired) electrons. The number of nitrogens with one attached hydrogen (secondary N) is 1. The molecular formula is C22H19ClF3N7OS. The highest BCUT2D eigenvalue weighted by molar-refractivity contribution is 8.13. The van der Waals surface area contributed by atoms with Crippen molar-refractivity contribution in [2.75, 3.05) is 29.1 Å². The van der Waals surface area contributed by atoms with E-state index in [4.69, 9.17) is 5.73 Å². The monoisotopic (exact) mass is 521 g/mol. The molecule has 13 heteroatoms. The van der Waals surface area contributed by atoms with Crippen molar-refractivity contribution in [3.05, 3.63) is 77.6 Å². The number of fused-ring (bicyclic) bond motifs is 1. The summed E-state index contributed by atoms with van der Waals surface area (Å²) in [6.45, 7) is 0.684. The van der Waals surface area contributed by atoms with Crippen molar-refractivity contribution < 1.29 is 18.0 Å². The molecule has 3 N–H and O–H groups in total. The number of amidine groups is 1. The van der Waals surface area contributed by atoms with Gasteiger partial charge in [0, 0.05) is 29.5 Å². The van der Waals surface area contributed by atoms with Gasteiger partial charge in [-0.15, -0.1) is 12.4 Å². The molecule has 2 atom stereocenters. The van der Waals surface area contributed by atoms with Gasteiger partial charge in [0.25, 0.3) is 5.91 Å². The molecule has 2 aliphatic heterocycles. The van der Waals surface area contributed by atoms with Crippen LogP contribution in [0.3, 0.4) is 0 Å². The van der Waals surface area contributed by atoms with Crippen LogP contribution < -0.4 is 16.0 Å².